The Labute approximate surface area is 223 Å². The van der Waals surface area contributed by atoms with E-state index in [1.165, 1.54) is 11.3 Å². The summed E-state index contributed by atoms with van der Waals surface area (Å²) in [5, 5.41) is 15.2. The van der Waals surface area contributed by atoms with Gasteiger partial charge in [-0.1, -0.05) is 24.3 Å². The normalized spacial score (nSPS) is 23.4. The molecule has 4 atom stereocenters. The van der Waals surface area contributed by atoms with Crippen molar-refractivity contribution in [1.29, 1.82) is 0 Å². The predicted octanol–water partition coefficient (Wildman–Crippen LogP) is 2.34. The molecule has 2 aromatic rings. The molecule has 1 aliphatic carbocycles. The van der Waals surface area contributed by atoms with Crippen LogP contribution in [0.15, 0.2) is 29.8 Å². The van der Waals surface area contributed by atoms with Crippen LogP contribution in [-0.4, -0.2) is 74.0 Å². The zero-order chi connectivity index (χ0) is 27.1. The van der Waals surface area contributed by atoms with Gasteiger partial charge < -0.3 is 20.6 Å². The van der Waals surface area contributed by atoms with Crippen molar-refractivity contribution in [2.75, 3.05) is 6.54 Å². The molecule has 8 nitrogen and oxygen atoms in total. The lowest BCUT2D eigenvalue weighted by Crippen LogP contribution is -2.61. The number of benzene rings is 1. The van der Waals surface area contributed by atoms with Crippen molar-refractivity contribution in [1.82, 2.24) is 20.5 Å². The summed E-state index contributed by atoms with van der Waals surface area (Å²) in [7, 11) is 0. The van der Waals surface area contributed by atoms with E-state index in [0.717, 1.165) is 26.6 Å². The molecule has 2 aliphatic rings. The molecule has 2 heterocycles. The van der Waals surface area contributed by atoms with Crippen LogP contribution in [0.3, 0.4) is 0 Å². The quantitative estimate of drug-likeness (QED) is 0.376. The van der Waals surface area contributed by atoms with Gasteiger partial charge in [-0.25, -0.2) is 13.8 Å². The molecule has 0 unspecified atom stereocenters. The highest BCUT2D eigenvalue weighted by Gasteiger charge is 2.55. The number of aryl methyl sites for hydroxylation is 1. The zero-order valence-corrected chi connectivity index (χ0v) is 22.4. The fourth-order valence-electron chi connectivity index (χ4n) is 4.26. The molecule has 0 spiro atoms. The molecule has 4 rings (SSSR count). The molecule has 200 valence electrons. The van der Waals surface area contributed by atoms with Crippen LogP contribution < -0.4 is 10.6 Å². The number of likely N-dealkylation sites (tertiary alicyclic amines) is 1. The smallest absolute Gasteiger partial charge is 0.258 e. The Hall–Kier alpha value is -2.57. The van der Waals surface area contributed by atoms with E-state index in [-0.39, 0.29) is 19.4 Å². The van der Waals surface area contributed by atoms with Gasteiger partial charge in [0.05, 0.1) is 22.6 Å². The molecule has 37 heavy (non-hydrogen) atoms. The third-order valence-electron chi connectivity index (χ3n) is 6.69. The highest BCUT2D eigenvalue weighted by atomic mass is 32.1. The molecule has 12 heteroatoms. The standard InChI is InChI=1S/C25H30F2N4O4S2/c1-13-19(37-12-29-13)15-6-4-14(5-7-15)10-28-21(33)18-17(26)16(32)11-31(18)22(34)20(24(2,3)36)30-23(35)25(27)8-9-25/h4-7,12,16-18,20,32,36H,8-11H2,1-3H3,(H,28,33)(H,30,35)/t16-,17-,18-,20+/m0/s1. The van der Waals surface area contributed by atoms with Gasteiger partial charge in [-0.3, -0.25) is 14.4 Å². The van der Waals surface area contributed by atoms with Crippen LogP contribution in [0.25, 0.3) is 10.4 Å². The van der Waals surface area contributed by atoms with Gasteiger partial charge in [0.2, 0.25) is 11.8 Å². The maximum Gasteiger partial charge on any atom is 0.258 e. The van der Waals surface area contributed by atoms with Gasteiger partial charge in [-0.15, -0.1) is 11.3 Å². The number of aromatic nitrogens is 1. The number of hydrogen-bond donors (Lipinski definition) is 4. The van der Waals surface area contributed by atoms with E-state index < -0.39 is 59.0 Å². The number of aliphatic hydroxyl groups is 1. The first-order valence-electron chi connectivity index (χ1n) is 11.9. The highest BCUT2D eigenvalue weighted by Crippen LogP contribution is 2.40. The van der Waals surface area contributed by atoms with Crippen molar-refractivity contribution >= 4 is 41.7 Å². The number of rotatable bonds is 8. The summed E-state index contributed by atoms with van der Waals surface area (Å²) in [5.74, 6) is -2.55. The van der Waals surface area contributed by atoms with Gasteiger partial charge in [-0.05, 0) is 44.7 Å². The van der Waals surface area contributed by atoms with Crippen molar-refractivity contribution in [3.63, 3.8) is 0 Å². The van der Waals surface area contributed by atoms with Crippen LogP contribution in [-0.2, 0) is 20.9 Å². The van der Waals surface area contributed by atoms with Crippen LogP contribution >= 0.6 is 24.0 Å². The lowest BCUT2D eigenvalue weighted by atomic mass is 10.00. The largest absolute Gasteiger partial charge is 0.388 e. The number of hydrogen-bond acceptors (Lipinski definition) is 7. The van der Waals surface area contributed by atoms with Crippen molar-refractivity contribution < 1.29 is 28.3 Å². The first kappa shape index (κ1) is 27.5. The Morgan fingerprint density at radius 1 is 1.30 bits per heavy atom. The Balaban J connectivity index is 1.46. The third kappa shape index (κ3) is 5.80. The van der Waals surface area contributed by atoms with Gasteiger partial charge in [0.1, 0.15) is 18.2 Å². The van der Waals surface area contributed by atoms with Crippen molar-refractivity contribution in [3.8, 4) is 10.4 Å². The molecule has 1 saturated carbocycles. The number of alkyl halides is 2. The summed E-state index contributed by atoms with van der Waals surface area (Å²) >= 11 is 5.90. The van der Waals surface area contributed by atoms with Crippen LogP contribution in [0, 0.1) is 6.92 Å². The number of carbonyl (C=O) groups excluding carboxylic acids is 3. The Morgan fingerprint density at radius 3 is 2.49 bits per heavy atom. The zero-order valence-electron chi connectivity index (χ0n) is 20.7. The number of carbonyl (C=O) groups is 3. The minimum atomic E-state index is -2.03. The fourth-order valence-corrected chi connectivity index (χ4v) is 5.25. The van der Waals surface area contributed by atoms with Crippen LogP contribution in [0.1, 0.15) is 37.9 Å². The number of thiazole rings is 1. The number of halogens is 2. The summed E-state index contributed by atoms with van der Waals surface area (Å²) in [5.41, 5.74) is 2.39. The first-order valence-corrected chi connectivity index (χ1v) is 13.3. The second-order valence-corrected chi connectivity index (χ2v) is 12.2. The maximum absolute atomic E-state index is 15.0. The molecule has 3 N–H and O–H groups in total. The van der Waals surface area contributed by atoms with E-state index in [2.05, 4.69) is 28.2 Å². The van der Waals surface area contributed by atoms with E-state index in [9.17, 15) is 28.3 Å². The molecule has 1 saturated heterocycles. The van der Waals surface area contributed by atoms with E-state index in [1.807, 2.05) is 31.2 Å². The average molecular weight is 553 g/mol. The number of aliphatic hydroxyl groups excluding tert-OH is 1. The average Bonchev–Trinajstić information content (AvgIpc) is 3.34. The van der Waals surface area contributed by atoms with Crippen LogP contribution in [0.4, 0.5) is 8.78 Å². The Morgan fingerprint density at radius 2 is 1.95 bits per heavy atom. The van der Waals surface area contributed by atoms with E-state index in [1.54, 1.807) is 19.4 Å². The highest BCUT2D eigenvalue weighted by molar-refractivity contribution is 7.81. The van der Waals surface area contributed by atoms with Gasteiger partial charge >= 0.3 is 0 Å². The molecule has 0 bridgehead atoms. The molecule has 1 aliphatic heterocycles. The first-order chi connectivity index (χ1) is 17.3. The maximum atomic E-state index is 15.0. The number of amides is 3. The lowest BCUT2D eigenvalue weighted by Gasteiger charge is -2.35. The summed E-state index contributed by atoms with van der Waals surface area (Å²) in [6, 6.07) is 4.49. The van der Waals surface area contributed by atoms with Gasteiger partial charge in [0, 0.05) is 11.3 Å². The fraction of sp³-hybridized carbons (Fsp3) is 0.520. The van der Waals surface area contributed by atoms with Gasteiger partial charge in [0.25, 0.3) is 5.91 Å². The molecular formula is C25H30F2N4O4S2. The summed E-state index contributed by atoms with van der Waals surface area (Å²) in [4.78, 5) is 44.9. The minimum absolute atomic E-state index is 0.0531. The number of nitrogens with zero attached hydrogens (tertiary/aromatic N) is 2. The SMILES string of the molecule is Cc1ncsc1-c1ccc(CNC(=O)[C@@H]2[C@@H](F)[C@@H](O)CN2C(=O)[C@@H](NC(=O)C2(F)CC2)C(C)(C)S)cc1. The summed E-state index contributed by atoms with van der Waals surface area (Å²) < 4.78 is 28.1. The van der Waals surface area contributed by atoms with E-state index in [4.69, 9.17) is 0 Å². The second-order valence-electron chi connectivity index (χ2n) is 10.2. The molecule has 1 aromatic carbocycles. The molecule has 0 radical (unpaired) electrons. The summed E-state index contributed by atoms with van der Waals surface area (Å²) in [6.45, 7) is 4.64. The van der Waals surface area contributed by atoms with Crippen molar-refractivity contribution in [3.05, 3.63) is 41.0 Å². The number of β-amino-alcohol motifs (C(OH)–C–C–N with tert-alkyl or cyclic N) is 1. The summed E-state index contributed by atoms with van der Waals surface area (Å²) in [6.07, 6.45) is -3.51. The van der Waals surface area contributed by atoms with Crippen molar-refractivity contribution in [2.45, 2.75) is 74.9 Å². The molecule has 3 amide bonds. The minimum Gasteiger partial charge on any atom is -0.388 e. The van der Waals surface area contributed by atoms with Gasteiger partial charge in [0.15, 0.2) is 11.8 Å². The Bertz CT molecular complexity index is 1180. The second kappa shape index (κ2) is 10.3. The molecular weight excluding hydrogens is 522 g/mol. The number of thiol groups is 1. The van der Waals surface area contributed by atoms with Gasteiger partial charge in [-0.2, -0.15) is 12.6 Å². The molecule has 1 aromatic heterocycles. The molecule has 2 fully saturated rings. The predicted molar refractivity (Wildman–Crippen MR) is 139 cm³/mol. The van der Waals surface area contributed by atoms with E-state index in [0.29, 0.717) is 0 Å². The Kier molecular flexibility index (Phi) is 7.64. The number of nitrogens with one attached hydrogen (secondary N) is 2. The van der Waals surface area contributed by atoms with Crippen LogP contribution in [0.2, 0.25) is 0 Å². The van der Waals surface area contributed by atoms with E-state index >= 15 is 0 Å². The monoisotopic (exact) mass is 552 g/mol. The third-order valence-corrected chi connectivity index (χ3v) is 7.93. The lowest BCUT2D eigenvalue weighted by molar-refractivity contribution is -0.143. The van der Waals surface area contributed by atoms with Crippen LogP contribution in [0.5, 0.6) is 0 Å². The van der Waals surface area contributed by atoms with Crippen molar-refractivity contribution in [2.24, 2.45) is 0 Å². The topological polar surface area (TPSA) is 112 Å².